The van der Waals surface area contributed by atoms with Crippen LogP contribution < -0.4 is 10.9 Å². The van der Waals surface area contributed by atoms with E-state index >= 15 is 0 Å². The molecule has 1 aliphatic rings. The number of pyridine rings is 1. The Kier molecular flexibility index (Phi) is 5.08. The zero-order valence-corrected chi connectivity index (χ0v) is 17.0. The number of nitrogens with zero attached hydrogens (tertiary/aromatic N) is 3. The third kappa shape index (κ3) is 3.74. The molecule has 0 fully saturated rings. The number of benzene rings is 1. The first-order valence-electron chi connectivity index (χ1n) is 10.5. The molecule has 0 atom stereocenters. The van der Waals surface area contributed by atoms with Gasteiger partial charge in [0.05, 0.1) is 12.2 Å². The van der Waals surface area contributed by atoms with Gasteiger partial charge in [0.1, 0.15) is 16.8 Å². The zero-order valence-electron chi connectivity index (χ0n) is 17.0. The average Bonchev–Trinajstić information content (AvgIpc) is 3.18. The fourth-order valence-corrected chi connectivity index (χ4v) is 4.16. The summed E-state index contributed by atoms with van der Waals surface area (Å²) >= 11 is 0. The van der Waals surface area contributed by atoms with Crippen LogP contribution in [0.3, 0.4) is 0 Å². The predicted molar refractivity (Wildman–Crippen MR) is 117 cm³/mol. The standard InChI is InChI=1S/C24H22N4O3/c29-23(18-15-16-7-1-4-11-21(16)31-24(18)30)26-13-14-28-20-10-3-2-8-17(20)22(27-28)19-9-5-6-12-25-19/h1,4-7,9,11-12,15H,2-3,8,10,13-14H2,(H,26,29). The molecule has 0 aliphatic heterocycles. The monoisotopic (exact) mass is 414 g/mol. The van der Waals surface area contributed by atoms with E-state index in [0.717, 1.165) is 37.1 Å². The Morgan fingerprint density at radius 3 is 2.81 bits per heavy atom. The Balaban J connectivity index is 1.34. The van der Waals surface area contributed by atoms with Gasteiger partial charge in [-0.3, -0.25) is 14.5 Å². The van der Waals surface area contributed by atoms with E-state index in [1.54, 1.807) is 24.4 Å². The summed E-state index contributed by atoms with van der Waals surface area (Å²) < 4.78 is 7.24. The molecule has 3 heterocycles. The van der Waals surface area contributed by atoms with Gasteiger partial charge in [0.15, 0.2) is 0 Å². The lowest BCUT2D eigenvalue weighted by Crippen LogP contribution is -2.31. The van der Waals surface area contributed by atoms with Gasteiger partial charge >= 0.3 is 5.63 Å². The van der Waals surface area contributed by atoms with E-state index < -0.39 is 11.5 Å². The van der Waals surface area contributed by atoms with E-state index in [9.17, 15) is 9.59 Å². The number of fused-ring (bicyclic) bond motifs is 2. The number of carbonyl (C=O) groups is 1. The summed E-state index contributed by atoms with van der Waals surface area (Å²) in [6.45, 7) is 0.890. The van der Waals surface area contributed by atoms with Crippen molar-refractivity contribution < 1.29 is 9.21 Å². The molecule has 1 N–H and O–H groups in total. The lowest BCUT2D eigenvalue weighted by atomic mass is 9.95. The number of rotatable bonds is 5. The van der Waals surface area contributed by atoms with Crippen molar-refractivity contribution in [3.05, 3.63) is 82.0 Å². The van der Waals surface area contributed by atoms with Crippen molar-refractivity contribution in [2.24, 2.45) is 0 Å². The average molecular weight is 414 g/mol. The lowest BCUT2D eigenvalue weighted by Gasteiger charge is -2.14. The molecule has 7 nitrogen and oxygen atoms in total. The van der Waals surface area contributed by atoms with Gasteiger partial charge < -0.3 is 9.73 Å². The third-order valence-electron chi connectivity index (χ3n) is 5.66. The number of amides is 1. The molecule has 1 aliphatic carbocycles. The minimum absolute atomic E-state index is 0.00960. The highest BCUT2D eigenvalue weighted by atomic mass is 16.4. The summed E-state index contributed by atoms with van der Waals surface area (Å²) in [5, 5.41) is 8.36. The van der Waals surface area contributed by atoms with Crippen LogP contribution >= 0.6 is 0 Å². The summed E-state index contributed by atoms with van der Waals surface area (Å²) in [6, 6.07) is 14.5. The van der Waals surface area contributed by atoms with Crippen molar-refractivity contribution in [1.82, 2.24) is 20.1 Å². The summed E-state index contributed by atoms with van der Waals surface area (Å²) in [6.07, 6.45) is 6.01. The van der Waals surface area contributed by atoms with Crippen molar-refractivity contribution in [2.45, 2.75) is 32.2 Å². The van der Waals surface area contributed by atoms with Crippen LogP contribution in [0.15, 0.2) is 63.9 Å². The van der Waals surface area contributed by atoms with Gasteiger partial charge in [0, 0.05) is 29.4 Å². The van der Waals surface area contributed by atoms with Gasteiger partial charge in [0.25, 0.3) is 5.91 Å². The summed E-state index contributed by atoms with van der Waals surface area (Å²) in [4.78, 5) is 29.3. The maximum absolute atomic E-state index is 12.6. The first-order chi connectivity index (χ1) is 15.2. The second-order valence-corrected chi connectivity index (χ2v) is 7.66. The van der Waals surface area contributed by atoms with E-state index in [0.29, 0.717) is 24.1 Å². The number of carbonyl (C=O) groups excluding carboxylic acids is 1. The molecule has 0 unspecified atom stereocenters. The smallest absolute Gasteiger partial charge is 0.349 e. The van der Waals surface area contributed by atoms with E-state index in [1.807, 2.05) is 35.0 Å². The van der Waals surface area contributed by atoms with Crippen LogP contribution in [0.25, 0.3) is 22.4 Å². The number of hydrogen-bond acceptors (Lipinski definition) is 5. The van der Waals surface area contributed by atoms with Crippen LogP contribution in [0, 0.1) is 0 Å². The zero-order chi connectivity index (χ0) is 21.2. The molecule has 5 rings (SSSR count). The third-order valence-corrected chi connectivity index (χ3v) is 5.66. The molecule has 0 saturated carbocycles. The first-order valence-corrected chi connectivity index (χ1v) is 10.5. The molecule has 31 heavy (non-hydrogen) atoms. The SMILES string of the molecule is O=C(NCCn1nc(-c2ccccn2)c2c1CCCC2)c1cc2ccccc2oc1=O. The molecule has 0 saturated heterocycles. The van der Waals surface area contributed by atoms with Crippen LogP contribution in [-0.2, 0) is 19.4 Å². The summed E-state index contributed by atoms with van der Waals surface area (Å²) in [7, 11) is 0. The lowest BCUT2D eigenvalue weighted by molar-refractivity contribution is 0.0948. The maximum Gasteiger partial charge on any atom is 0.349 e. The van der Waals surface area contributed by atoms with Crippen LogP contribution in [0.5, 0.6) is 0 Å². The van der Waals surface area contributed by atoms with Crippen molar-refractivity contribution >= 4 is 16.9 Å². The number of hydrogen-bond donors (Lipinski definition) is 1. The number of para-hydroxylation sites is 1. The van der Waals surface area contributed by atoms with Gasteiger partial charge in [-0.05, 0) is 49.9 Å². The van der Waals surface area contributed by atoms with Crippen LogP contribution in [0.4, 0.5) is 0 Å². The highest BCUT2D eigenvalue weighted by Crippen LogP contribution is 2.30. The fourth-order valence-electron chi connectivity index (χ4n) is 4.16. The second kappa shape index (κ2) is 8.18. The minimum Gasteiger partial charge on any atom is -0.422 e. The van der Waals surface area contributed by atoms with Crippen LogP contribution in [-0.4, -0.2) is 27.2 Å². The quantitative estimate of drug-likeness (QED) is 0.506. The Morgan fingerprint density at radius 2 is 1.94 bits per heavy atom. The molecule has 7 heteroatoms. The Morgan fingerprint density at radius 1 is 1.10 bits per heavy atom. The van der Waals surface area contributed by atoms with Gasteiger partial charge in [-0.25, -0.2) is 4.79 Å². The van der Waals surface area contributed by atoms with Crippen LogP contribution in [0.2, 0.25) is 0 Å². The number of aromatic nitrogens is 3. The molecule has 0 bridgehead atoms. The van der Waals surface area contributed by atoms with E-state index in [-0.39, 0.29) is 5.56 Å². The number of nitrogens with one attached hydrogen (secondary N) is 1. The molecule has 156 valence electrons. The van der Waals surface area contributed by atoms with E-state index in [4.69, 9.17) is 9.52 Å². The highest BCUT2D eigenvalue weighted by molar-refractivity contribution is 5.96. The Hall–Kier alpha value is -3.74. The second-order valence-electron chi connectivity index (χ2n) is 7.66. The Bertz CT molecular complexity index is 1310. The summed E-state index contributed by atoms with van der Waals surface area (Å²) in [5.74, 6) is -0.439. The van der Waals surface area contributed by atoms with Gasteiger partial charge in [-0.15, -0.1) is 0 Å². The van der Waals surface area contributed by atoms with E-state index in [1.165, 1.54) is 11.3 Å². The Labute approximate surface area is 178 Å². The molecule has 0 radical (unpaired) electrons. The van der Waals surface area contributed by atoms with E-state index in [2.05, 4.69) is 10.3 Å². The molecular formula is C24H22N4O3. The topological polar surface area (TPSA) is 90.0 Å². The largest absolute Gasteiger partial charge is 0.422 e. The molecule has 0 spiro atoms. The van der Waals surface area contributed by atoms with Crippen molar-refractivity contribution in [3.63, 3.8) is 0 Å². The van der Waals surface area contributed by atoms with Gasteiger partial charge in [-0.1, -0.05) is 24.3 Å². The first kappa shape index (κ1) is 19.2. The molecule has 1 amide bonds. The molecule has 1 aromatic carbocycles. The van der Waals surface area contributed by atoms with Crippen molar-refractivity contribution in [2.75, 3.05) is 6.54 Å². The summed E-state index contributed by atoms with van der Waals surface area (Å²) in [5.41, 5.74) is 4.11. The maximum atomic E-state index is 12.6. The fraction of sp³-hybridized carbons (Fsp3) is 0.250. The molecule has 3 aromatic heterocycles. The minimum atomic E-state index is -0.634. The van der Waals surface area contributed by atoms with Gasteiger partial charge in [0.2, 0.25) is 0 Å². The predicted octanol–water partition coefficient (Wildman–Crippen LogP) is 3.36. The highest BCUT2D eigenvalue weighted by Gasteiger charge is 2.22. The molecular weight excluding hydrogens is 392 g/mol. The molecule has 4 aromatic rings. The van der Waals surface area contributed by atoms with Crippen molar-refractivity contribution in [3.8, 4) is 11.4 Å². The van der Waals surface area contributed by atoms with Crippen LogP contribution in [0.1, 0.15) is 34.5 Å². The van der Waals surface area contributed by atoms with Gasteiger partial charge in [-0.2, -0.15) is 5.10 Å². The van der Waals surface area contributed by atoms with Crippen molar-refractivity contribution in [1.29, 1.82) is 0 Å². The normalized spacial score (nSPS) is 13.2.